The van der Waals surface area contributed by atoms with E-state index in [9.17, 15) is 14.9 Å². The van der Waals surface area contributed by atoms with E-state index in [-0.39, 0.29) is 17.9 Å². The number of nitrogens with zero attached hydrogens (tertiary/aromatic N) is 3. The first-order chi connectivity index (χ1) is 7.08. The number of carboxylic acids is 1. The van der Waals surface area contributed by atoms with Gasteiger partial charge in [-0.2, -0.15) is 0 Å². The van der Waals surface area contributed by atoms with Crippen molar-refractivity contribution in [3.63, 3.8) is 0 Å². The molecule has 15 heavy (non-hydrogen) atoms. The van der Waals surface area contributed by atoms with Gasteiger partial charge in [-0.05, 0) is 0 Å². The van der Waals surface area contributed by atoms with E-state index in [1.807, 2.05) is 0 Å². The minimum absolute atomic E-state index is 0.103. The van der Waals surface area contributed by atoms with Crippen LogP contribution in [0.15, 0.2) is 0 Å². The fourth-order valence-electron chi connectivity index (χ4n) is 0.950. The predicted octanol–water partition coefficient (Wildman–Crippen LogP) is 0.374. The maximum absolute atomic E-state index is 10.3. The Kier molecular flexibility index (Phi) is 4.10. The average Bonchev–Trinajstić information content (AvgIpc) is 2.50. The van der Waals surface area contributed by atoms with Gasteiger partial charge in [0, 0.05) is 17.8 Å². The Morgan fingerprint density at radius 2 is 2.13 bits per heavy atom. The highest BCUT2D eigenvalue weighted by atomic mass is 32.1. The van der Waals surface area contributed by atoms with Crippen molar-refractivity contribution in [1.82, 2.24) is 10.2 Å². The van der Waals surface area contributed by atoms with Gasteiger partial charge in [-0.25, -0.2) is 0 Å². The second kappa shape index (κ2) is 5.35. The van der Waals surface area contributed by atoms with Crippen LogP contribution in [0.2, 0.25) is 0 Å². The van der Waals surface area contributed by atoms with Gasteiger partial charge in [0.05, 0.1) is 6.42 Å². The number of aliphatic carboxylic acids is 1. The van der Waals surface area contributed by atoms with Crippen LogP contribution in [0.25, 0.3) is 0 Å². The van der Waals surface area contributed by atoms with Crippen LogP contribution in [0.4, 0.5) is 0 Å². The third-order valence-corrected chi connectivity index (χ3v) is 2.53. The lowest BCUT2D eigenvalue weighted by atomic mass is 10.3. The molecule has 0 bridgehead atoms. The zero-order chi connectivity index (χ0) is 11.3. The van der Waals surface area contributed by atoms with Gasteiger partial charge in [0.2, 0.25) is 6.54 Å². The van der Waals surface area contributed by atoms with Crippen LogP contribution in [0.3, 0.4) is 0 Å². The molecule has 0 aliphatic heterocycles. The van der Waals surface area contributed by atoms with Gasteiger partial charge in [-0.1, -0.05) is 0 Å². The minimum Gasteiger partial charge on any atom is -0.481 e. The van der Waals surface area contributed by atoms with E-state index in [0.717, 1.165) is 0 Å². The van der Waals surface area contributed by atoms with E-state index in [0.29, 0.717) is 22.9 Å². The summed E-state index contributed by atoms with van der Waals surface area (Å²) in [5.74, 6) is -0.956. The van der Waals surface area contributed by atoms with Crippen molar-refractivity contribution in [3.8, 4) is 0 Å². The molecule has 0 fully saturated rings. The van der Waals surface area contributed by atoms with Crippen LogP contribution in [0.5, 0.6) is 0 Å². The van der Waals surface area contributed by atoms with E-state index in [1.165, 1.54) is 11.3 Å². The first-order valence-corrected chi connectivity index (χ1v) is 5.04. The minimum atomic E-state index is -0.956. The maximum Gasteiger partial charge on any atom is 0.310 e. The number of rotatable bonds is 6. The van der Waals surface area contributed by atoms with E-state index in [2.05, 4.69) is 10.2 Å². The van der Waals surface area contributed by atoms with E-state index >= 15 is 0 Å². The van der Waals surface area contributed by atoms with Crippen LogP contribution >= 0.6 is 11.3 Å². The van der Waals surface area contributed by atoms with Crippen LogP contribution in [0, 0.1) is 10.1 Å². The number of carboxylic acid groups (broad SMARTS) is 1. The van der Waals surface area contributed by atoms with Crippen molar-refractivity contribution in [2.45, 2.75) is 19.3 Å². The number of aryl methyl sites for hydroxylation is 1. The molecule has 1 aromatic rings. The summed E-state index contributed by atoms with van der Waals surface area (Å²) in [6, 6.07) is 0. The highest BCUT2D eigenvalue weighted by molar-refractivity contribution is 7.11. The fraction of sp³-hybridized carbons (Fsp3) is 0.571. The smallest absolute Gasteiger partial charge is 0.310 e. The molecule has 1 rings (SSSR count). The first kappa shape index (κ1) is 11.5. The molecule has 0 aromatic carbocycles. The molecule has 0 spiro atoms. The summed E-state index contributed by atoms with van der Waals surface area (Å²) in [6.45, 7) is -0.103. The third kappa shape index (κ3) is 4.45. The summed E-state index contributed by atoms with van der Waals surface area (Å²) < 4.78 is 0. The Hall–Kier alpha value is -1.57. The Bertz CT molecular complexity index is 365. The normalized spacial score (nSPS) is 10.1. The van der Waals surface area contributed by atoms with Crippen molar-refractivity contribution < 1.29 is 14.8 Å². The summed E-state index contributed by atoms with van der Waals surface area (Å²) in [6.07, 6.45) is 0.722. The zero-order valence-electron chi connectivity index (χ0n) is 7.75. The van der Waals surface area contributed by atoms with E-state index < -0.39 is 5.97 Å². The molecule has 1 N–H and O–H groups in total. The molecule has 82 valence electrons. The summed E-state index contributed by atoms with van der Waals surface area (Å²) >= 11 is 1.19. The molecule has 0 aliphatic carbocycles. The largest absolute Gasteiger partial charge is 0.481 e. The van der Waals surface area contributed by atoms with Crippen molar-refractivity contribution in [3.05, 3.63) is 20.1 Å². The van der Waals surface area contributed by atoms with Crippen LogP contribution < -0.4 is 0 Å². The summed E-state index contributed by atoms with van der Waals surface area (Å²) in [4.78, 5) is 20.0. The summed E-state index contributed by atoms with van der Waals surface area (Å²) in [7, 11) is 0. The molecule has 8 heteroatoms. The van der Waals surface area contributed by atoms with Gasteiger partial charge < -0.3 is 5.11 Å². The second-order valence-electron chi connectivity index (χ2n) is 2.82. The number of aromatic nitrogens is 2. The summed E-state index contributed by atoms with van der Waals surface area (Å²) in [5.41, 5.74) is 0. The van der Waals surface area contributed by atoms with Crippen molar-refractivity contribution in [2.24, 2.45) is 0 Å². The molecule has 1 aromatic heterocycles. The highest BCUT2D eigenvalue weighted by Crippen LogP contribution is 2.12. The van der Waals surface area contributed by atoms with Gasteiger partial charge in [0.15, 0.2) is 0 Å². The molecule has 0 saturated carbocycles. The summed E-state index contributed by atoms with van der Waals surface area (Å²) in [5, 5.41) is 27.0. The lowest BCUT2D eigenvalue weighted by Crippen LogP contribution is -2.01. The van der Waals surface area contributed by atoms with Gasteiger partial charge in [0.1, 0.15) is 10.0 Å². The van der Waals surface area contributed by atoms with Gasteiger partial charge in [0.25, 0.3) is 0 Å². The number of nitro groups is 1. The van der Waals surface area contributed by atoms with Crippen molar-refractivity contribution in [1.29, 1.82) is 0 Å². The number of hydrogen-bond donors (Lipinski definition) is 1. The van der Waals surface area contributed by atoms with Crippen LogP contribution in [-0.2, 0) is 17.6 Å². The molecule has 7 nitrogen and oxygen atoms in total. The van der Waals surface area contributed by atoms with E-state index in [1.54, 1.807) is 0 Å². The third-order valence-electron chi connectivity index (χ3n) is 1.54. The molecule has 0 saturated heterocycles. The topological polar surface area (TPSA) is 106 Å². The molecular weight excluding hydrogens is 222 g/mol. The monoisotopic (exact) mass is 231 g/mol. The lowest BCUT2D eigenvalue weighted by Gasteiger charge is -1.90. The Morgan fingerprint density at radius 3 is 2.73 bits per heavy atom. The molecular formula is C7H9N3O4S. The first-order valence-electron chi connectivity index (χ1n) is 4.23. The molecule has 0 aliphatic rings. The zero-order valence-corrected chi connectivity index (χ0v) is 8.57. The Labute approximate surface area is 88.9 Å². The van der Waals surface area contributed by atoms with Gasteiger partial charge in [-0.15, -0.1) is 21.5 Å². The standard InChI is InChI=1S/C7H9N3O4S/c11-7(12)4-6-9-8-5(15-6)2-1-3-10(13)14/h1-4H2,(H,11,12). The maximum atomic E-state index is 10.3. The number of carbonyl (C=O) groups is 1. The van der Waals surface area contributed by atoms with Crippen LogP contribution in [-0.4, -0.2) is 32.7 Å². The quantitative estimate of drug-likeness (QED) is 0.560. The van der Waals surface area contributed by atoms with Crippen molar-refractivity contribution >= 4 is 17.3 Å². The van der Waals surface area contributed by atoms with Crippen LogP contribution in [0.1, 0.15) is 16.4 Å². The lowest BCUT2D eigenvalue weighted by molar-refractivity contribution is -0.480. The molecule has 0 amide bonds. The second-order valence-corrected chi connectivity index (χ2v) is 3.97. The highest BCUT2D eigenvalue weighted by Gasteiger charge is 2.08. The predicted molar refractivity (Wildman–Crippen MR) is 51.4 cm³/mol. The van der Waals surface area contributed by atoms with Gasteiger partial charge in [-0.3, -0.25) is 14.9 Å². The SMILES string of the molecule is O=C(O)Cc1nnc(CCC[N+](=O)[O-])s1. The Morgan fingerprint density at radius 1 is 1.47 bits per heavy atom. The fourth-order valence-corrected chi connectivity index (χ4v) is 1.83. The molecule has 1 heterocycles. The molecule has 0 radical (unpaired) electrons. The van der Waals surface area contributed by atoms with Crippen molar-refractivity contribution in [2.75, 3.05) is 6.54 Å². The molecule has 0 atom stereocenters. The number of hydrogen-bond acceptors (Lipinski definition) is 6. The Balaban J connectivity index is 2.39. The van der Waals surface area contributed by atoms with Gasteiger partial charge >= 0.3 is 5.97 Å². The van der Waals surface area contributed by atoms with E-state index in [4.69, 9.17) is 5.11 Å². The average molecular weight is 231 g/mol. The molecule has 0 unspecified atom stereocenters.